The third-order valence-electron chi connectivity index (χ3n) is 6.53. The predicted octanol–water partition coefficient (Wildman–Crippen LogP) is 2.69. The van der Waals surface area contributed by atoms with Crippen molar-refractivity contribution in [3.05, 3.63) is 64.7 Å². The number of piperidine rings is 1. The van der Waals surface area contributed by atoms with Gasteiger partial charge in [0.15, 0.2) is 0 Å². The van der Waals surface area contributed by atoms with Gasteiger partial charge in [0.25, 0.3) is 5.91 Å². The average molecular weight is 423 g/mol. The van der Waals surface area contributed by atoms with E-state index in [1.54, 1.807) is 11.5 Å². The number of carbonyl (C=O) groups excluding carboxylic acids is 2. The van der Waals surface area contributed by atoms with Crippen LogP contribution in [0.15, 0.2) is 42.5 Å². The largest absolute Gasteiger partial charge is 0.326 e. The summed E-state index contributed by atoms with van der Waals surface area (Å²) >= 11 is 0. The first kappa shape index (κ1) is 21.5. The van der Waals surface area contributed by atoms with Crippen LogP contribution in [0.1, 0.15) is 46.8 Å². The van der Waals surface area contributed by atoms with Crippen LogP contribution in [-0.2, 0) is 24.3 Å². The van der Waals surface area contributed by atoms with E-state index in [0.717, 1.165) is 63.2 Å². The van der Waals surface area contributed by atoms with E-state index < -0.39 is 5.91 Å². The molecule has 164 valence electrons. The lowest BCUT2D eigenvalue weighted by Gasteiger charge is -2.32. The zero-order chi connectivity index (χ0) is 21.8. The molecule has 0 spiro atoms. The summed E-state index contributed by atoms with van der Waals surface area (Å²) in [5.74, 6) is -0.379. The topological polar surface area (TPSA) is 93.7 Å². The molecule has 31 heavy (non-hydrogen) atoms. The van der Waals surface area contributed by atoms with E-state index in [9.17, 15) is 9.59 Å². The van der Waals surface area contributed by atoms with E-state index in [0.29, 0.717) is 5.56 Å². The number of hydroxylamine groups is 1. The highest BCUT2D eigenvalue weighted by molar-refractivity contribution is 5.95. The highest BCUT2D eigenvalue weighted by atomic mass is 16.5. The van der Waals surface area contributed by atoms with Crippen LogP contribution in [0.25, 0.3) is 0 Å². The van der Waals surface area contributed by atoms with Crippen molar-refractivity contribution < 1.29 is 14.8 Å². The van der Waals surface area contributed by atoms with Crippen molar-refractivity contribution in [2.75, 3.05) is 25.0 Å². The molecule has 2 amide bonds. The van der Waals surface area contributed by atoms with Crippen LogP contribution in [0.2, 0.25) is 0 Å². The molecule has 0 radical (unpaired) electrons. The van der Waals surface area contributed by atoms with E-state index in [1.807, 2.05) is 31.2 Å². The van der Waals surface area contributed by atoms with E-state index >= 15 is 0 Å². The summed E-state index contributed by atoms with van der Waals surface area (Å²) in [7, 11) is 0. The minimum Gasteiger partial charge on any atom is -0.326 e. The SMILES string of the molecule is CC1(C(=O)Nc2ccc(CN3CCc4cc(C(=O)NO)ccc4C3)cc2)CCNCC1. The van der Waals surface area contributed by atoms with Gasteiger partial charge in [0.05, 0.1) is 0 Å². The molecule has 2 aromatic rings. The fourth-order valence-electron chi connectivity index (χ4n) is 4.39. The number of amides is 2. The van der Waals surface area contributed by atoms with Gasteiger partial charge in [0, 0.05) is 36.3 Å². The van der Waals surface area contributed by atoms with Crippen molar-refractivity contribution in [1.29, 1.82) is 0 Å². The Morgan fingerprint density at radius 2 is 1.84 bits per heavy atom. The van der Waals surface area contributed by atoms with Crippen LogP contribution in [0, 0.1) is 5.41 Å². The van der Waals surface area contributed by atoms with Gasteiger partial charge in [0.2, 0.25) is 5.91 Å². The Morgan fingerprint density at radius 1 is 1.10 bits per heavy atom. The van der Waals surface area contributed by atoms with Gasteiger partial charge in [-0.2, -0.15) is 0 Å². The van der Waals surface area contributed by atoms with Crippen LogP contribution in [-0.4, -0.2) is 41.6 Å². The molecule has 0 aromatic heterocycles. The molecule has 2 aromatic carbocycles. The molecule has 4 rings (SSSR count). The molecule has 1 fully saturated rings. The zero-order valence-electron chi connectivity index (χ0n) is 17.9. The molecule has 7 nitrogen and oxygen atoms in total. The maximum Gasteiger partial charge on any atom is 0.274 e. The summed E-state index contributed by atoms with van der Waals surface area (Å²) in [6, 6.07) is 13.7. The van der Waals surface area contributed by atoms with Gasteiger partial charge < -0.3 is 10.6 Å². The van der Waals surface area contributed by atoms with Crippen LogP contribution >= 0.6 is 0 Å². The molecule has 2 heterocycles. The predicted molar refractivity (Wildman–Crippen MR) is 119 cm³/mol. The van der Waals surface area contributed by atoms with E-state index in [-0.39, 0.29) is 11.3 Å². The van der Waals surface area contributed by atoms with Crippen molar-refractivity contribution in [3.8, 4) is 0 Å². The summed E-state index contributed by atoms with van der Waals surface area (Å²) in [6.07, 6.45) is 2.59. The Kier molecular flexibility index (Phi) is 6.36. The normalized spacial score (nSPS) is 18.1. The molecule has 4 N–H and O–H groups in total. The van der Waals surface area contributed by atoms with Crippen LogP contribution in [0.4, 0.5) is 5.69 Å². The molecule has 7 heteroatoms. The quantitative estimate of drug-likeness (QED) is 0.439. The highest BCUT2D eigenvalue weighted by Gasteiger charge is 2.34. The second kappa shape index (κ2) is 9.18. The van der Waals surface area contributed by atoms with Crippen LogP contribution in [0.3, 0.4) is 0 Å². The first-order valence-electron chi connectivity index (χ1n) is 10.9. The molecular formula is C24H30N4O3. The van der Waals surface area contributed by atoms with Crippen molar-refractivity contribution >= 4 is 17.5 Å². The zero-order valence-corrected chi connectivity index (χ0v) is 17.9. The summed E-state index contributed by atoms with van der Waals surface area (Å²) in [4.78, 5) is 26.7. The Hall–Kier alpha value is -2.74. The van der Waals surface area contributed by atoms with Crippen LogP contribution in [0.5, 0.6) is 0 Å². The number of hydrogen-bond donors (Lipinski definition) is 4. The van der Waals surface area contributed by atoms with Crippen molar-refractivity contribution in [2.24, 2.45) is 5.41 Å². The summed E-state index contributed by atoms with van der Waals surface area (Å²) in [6.45, 7) is 6.37. The molecule has 2 aliphatic heterocycles. The van der Waals surface area contributed by atoms with Crippen molar-refractivity contribution in [1.82, 2.24) is 15.7 Å². The summed E-state index contributed by atoms with van der Waals surface area (Å²) in [5, 5.41) is 15.2. The molecule has 0 bridgehead atoms. The van der Waals surface area contributed by atoms with Gasteiger partial charge in [-0.25, -0.2) is 5.48 Å². The maximum absolute atomic E-state index is 12.7. The number of fused-ring (bicyclic) bond motifs is 1. The Balaban J connectivity index is 1.34. The molecular weight excluding hydrogens is 392 g/mol. The monoisotopic (exact) mass is 422 g/mol. The van der Waals surface area contributed by atoms with Gasteiger partial charge >= 0.3 is 0 Å². The molecule has 0 aliphatic carbocycles. The number of nitrogens with one attached hydrogen (secondary N) is 3. The number of hydrogen-bond acceptors (Lipinski definition) is 5. The number of benzene rings is 2. The highest BCUT2D eigenvalue weighted by Crippen LogP contribution is 2.29. The minimum absolute atomic E-state index is 0.101. The minimum atomic E-state index is -0.480. The van der Waals surface area contributed by atoms with E-state index in [1.165, 1.54) is 11.1 Å². The van der Waals surface area contributed by atoms with Gasteiger partial charge in [-0.1, -0.05) is 25.1 Å². The second-order valence-electron chi connectivity index (χ2n) is 8.85. The Labute approximate surface area is 182 Å². The summed E-state index contributed by atoms with van der Waals surface area (Å²) < 4.78 is 0. The average Bonchev–Trinajstić information content (AvgIpc) is 2.80. The number of nitrogens with zero attached hydrogens (tertiary/aromatic N) is 1. The second-order valence-corrected chi connectivity index (χ2v) is 8.85. The molecule has 1 saturated heterocycles. The number of rotatable bonds is 5. The molecule has 0 atom stereocenters. The van der Waals surface area contributed by atoms with Crippen molar-refractivity contribution in [3.63, 3.8) is 0 Å². The van der Waals surface area contributed by atoms with Gasteiger partial charge in [-0.3, -0.25) is 19.7 Å². The number of carbonyl (C=O) groups is 2. The summed E-state index contributed by atoms with van der Waals surface area (Å²) in [5.41, 5.74) is 6.27. The fraction of sp³-hybridized carbons (Fsp3) is 0.417. The molecule has 0 saturated carbocycles. The fourth-order valence-corrected chi connectivity index (χ4v) is 4.39. The van der Waals surface area contributed by atoms with Crippen molar-refractivity contribution in [2.45, 2.75) is 39.3 Å². The standard InChI is InChI=1S/C24H30N4O3/c1-24(9-11-25-12-10-24)23(30)26-21-6-2-17(3-7-21)15-28-13-8-18-14-19(22(29)27-31)4-5-20(18)16-28/h2-7,14,25,31H,8-13,15-16H2,1H3,(H,26,30)(H,27,29). The lowest BCUT2D eigenvalue weighted by atomic mass is 9.80. The van der Waals surface area contributed by atoms with E-state index in [4.69, 9.17) is 5.21 Å². The van der Waals surface area contributed by atoms with Gasteiger partial charge in [-0.05, 0) is 73.3 Å². The lowest BCUT2D eigenvalue weighted by Crippen LogP contribution is -2.42. The van der Waals surface area contributed by atoms with Gasteiger partial charge in [-0.15, -0.1) is 0 Å². The third kappa shape index (κ3) is 4.95. The molecule has 2 aliphatic rings. The van der Waals surface area contributed by atoms with Crippen LogP contribution < -0.4 is 16.1 Å². The Morgan fingerprint density at radius 3 is 2.55 bits per heavy atom. The first-order chi connectivity index (χ1) is 15.0. The maximum atomic E-state index is 12.7. The molecule has 0 unspecified atom stereocenters. The lowest BCUT2D eigenvalue weighted by molar-refractivity contribution is -0.126. The smallest absolute Gasteiger partial charge is 0.274 e. The van der Waals surface area contributed by atoms with Gasteiger partial charge in [0.1, 0.15) is 0 Å². The first-order valence-corrected chi connectivity index (χ1v) is 10.9. The number of anilines is 1. The Bertz CT molecular complexity index is 952. The third-order valence-corrected chi connectivity index (χ3v) is 6.53. The van der Waals surface area contributed by atoms with E-state index in [2.05, 4.69) is 27.7 Å².